The molecule has 0 fully saturated rings. The van der Waals surface area contributed by atoms with E-state index in [1.165, 1.54) is 11.1 Å². The molecule has 0 radical (unpaired) electrons. The Morgan fingerprint density at radius 2 is 0.952 bits per heavy atom. The predicted octanol–water partition coefficient (Wildman–Crippen LogP) is 14.3. The molecular weight excluding hydrogens is 817 g/mol. The normalized spacial score (nSPS) is 17.0. The Kier molecular flexibility index (Phi) is 21.4. The first-order chi connectivity index (χ1) is 29.4. The molecule has 0 aliphatic heterocycles. The number of methoxy groups -OCH3 is 2. The highest BCUT2D eigenvalue weighted by molar-refractivity contribution is 6.74. The highest BCUT2D eigenvalue weighted by Gasteiger charge is 2.44. The third-order valence-corrected chi connectivity index (χ3v) is 22.8. The fourth-order valence-corrected chi connectivity index (χ4v) is 10.9. The van der Waals surface area contributed by atoms with E-state index in [0.717, 1.165) is 29.0 Å². The van der Waals surface area contributed by atoms with E-state index in [2.05, 4.69) is 164 Å². The molecule has 63 heavy (non-hydrogen) atoms. The minimum atomic E-state index is -2.20. The van der Waals surface area contributed by atoms with Crippen molar-refractivity contribution >= 4 is 16.6 Å². The highest BCUT2D eigenvalue weighted by atomic mass is 28.4. The molecule has 0 N–H and O–H groups in total. The van der Waals surface area contributed by atoms with Crippen molar-refractivity contribution in [2.24, 2.45) is 29.6 Å². The van der Waals surface area contributed by atoms with E-state index >= 15 is 0 Å². The summed E-state index contributed by atoms with van der Waals surface area (Å²) in [5, 5.41) is 0.135. The van der Waals surface area contributed by atoms with Crippen LogP contribution in [0.3, 0.4) is 0 Å². The molecule has 354 valence electrons. The second-order valence-electron chi connectivity index (χ2n) is 21.5. The first-order valence-electron chi connectivity index (χ1n) is 23.5. The molecule has 8 atom stereocenters. The van der Waals surface area contributed by atoms with Gasteiger partial charge in [0.15, 0.2) is 16.6 Å². The van der Waals surface area contributed by atoms with Crippen molar-refractivity contribution in [3.8, 4) is 11.5 Å². The molecule has 0 spiro atoms. The van der Waals surface area contributed by atoms with Crippen LogP contribution in [0.1, 0.15) is 106 Å². The van der Waals surface area contributed by atoms with E-state index < -0.39 is 16.6 Å². The van der Waals surface area contributed by atoms with Crippen LogP contribution in [0.25, 0.3) is 0 Å². The fourth-order valence-electron chi connectivity index (χ4n) is 7.90. The van der Waals surface area contributed by atoms with Gasteiger partial charge in [-0.15, -0.1) is 0 Å². The fraction of sp³-hybridized carbons (Fsp3) is 0.630. The van der Waals surface area contributed by atoms with Crippen molar-refractivity contribution in [2.75, 3.05) is 27.4 Å². The number of ether oxygens (including phenoxy) is 5. The van der Waals surface area contributed by atoms with E-state index in [-0.39, 0.29) is 58.0 Å². The SMILES string of the molecule is COc1ccc(COC[C@H](C)[C@H](O[Si](C)(C)C(C)(C)C)[C@@H](C)/C=C(/C)C[C@H](C)[C@@H](O[Si](C)(C)C(C)(C)C)[C@H](C)[C@@H](OCc2ccc(OC)cc2)[C@@H](C)COCc2ccccc2)cc1. The number of rotatable bonds is 26. The molecule has 0 saturated carbocycles. The van der Waals surface area contributed by atoms with Crippen LogP contribution < -0.4 is 9.47 Å². The Morgan fingerprint density at radius 1 is 0.540 bits per heavy atom. The Morgan fingerprint density at radius 3 is 1.40 bits per heavy atom. The molecule has 0 aliphatic carbocycles. The quantitative estimate of drug-likeness (QED) is 0.0587. The third kappa shape index (κ3) is 17.2. The largest absolute Gasteiger partial charge is 0.497 e. The van der Waals surface area contributed by atoms with Gasteiger partial charge in [0.25, 0.3) is 0 Å². The zero-order valence-corrected chi connectivity index (χ0v) is 44.8. The Balaban J connectivity index is 1.92. The van der Waals surface area contributed by atoms with Gasteiger partial charge in [0.2, 0.25) is 0 Å². The summed E-state index contributed by atoms with van der Waals surface area (Å²) in [7, 11) is -0.909. The summed E-state index contributed by atoms with van der Waals surface area (Å²) < 4.78 is 45.4. The van der Waals surface area contributed by atoms with Crippen molar-refractivity contribution < 1.29 is 32.5 Å². The summed E-state index contributed by atoms with van der Waals surface area (Å²) in [5.41, 5.74) is 4.78. The Bertz CT molecular complexity index is 1760. The summed E-state index contributed by atoms with van der Waals surface area (Å²) in [6.07, 6.45) is 3.25. The van der Waals surface area contributed by atoms with Gasteiger partial charge in [-0.25, -0.2) is 0 Å². The van der Waals surface area contributed by atoms with Crippen LogP contribution in [-0.4, -0.2) is 62.4 Å². The smallest absolute Gasteiger partial charge is 0.192 e. The predicted molar refractivity (Wildman–Crippen MR) is 269 cm³/mol. The molecule has 9 heteroatoms. The number of hydrogen-bond acceptors (Lipinski definition) is 7. The van der Waals surface area contributed by atoms with Crippen LogP contribution in [0.2, 0.25) is 36.3 Å². The van der Waals surface area contributed by atoms with E-state index in [1.807, 2.05) is 30.3 Å². The molecule has 0 unspecified atom stereocenters. The lowest BCUT2D eigenvalue weighted by Crippen LogP contribution is -2.50. The van der Waals surface area contributed by atoms with Gasteiger partial charge in [-0.05, 0) is 102 Å². The molecule has 3 aromatic rings. The van der Waals surface area contributed by atoms with Gasteiger partial charge in [0.1, 0.15) is 11.5 Å². The van der Waals surface area contributed by atoms with Crippen LogP contribution >= 0.6 is 0 Å². The van der Waals surface area contributed by atoms with Gasteiger partial charge < -0.3 is 32.5 Å². The van der Waals surface area contributed by atoms with Crippen LogP contribution in [0.4, 0.5) is 0 Å². The first kappa shape index (κ1) is 54.6. The zero-order valence-electron chi connectivity index (χ0n) is 42.8. The Labute approximate surface area is 387 Å². The van der Waals surface area contributed by atoms with Crippen LogP contribution in [-0.2, 0) is 42.9 Å². The van der Waals surface area contributed by atoms with Gasteiger partial charge in [-0.1, -0.05) is 142 Å². The molecule has 0 amide bonds. The van der Waals surface area contributed by atoms with Crippen molar-refractivity contribution in [1.82, 2.24) is 0 Å². The topological polar surface area (TPSA) is 64.6 Å². The van der Waals surface area contributed by atoms with Crippen molar-refractivity contribution in [3.05, 3.63) is 107 Å². The number of benzene rings is 3. The monoisotopic (exact) mass is 905 g/mol. The molecular formula is C54H88O7Si2. The summed E-state index contributed by atoms with van der Waals surface area (Å²) >= 11 is 0. The molecule has 3 rings (SSSR count). The maximum absolute atomic E-state index is 7.53. The van der Waals surface area contributed by atoms with Crippen LogP contribution in [0, 0.1) is 29.6 Å². The average Bonchev–Trinajstić information content (AvgIpc) is 3.21. The molecule has 0 heterocycles. The lowest BCUT2D eigenvalue weighted by atomic mass is 9.81. The average molecular weight is 905 g/mol. The summed E-state index contributed by atoms with van der Waals surface area (Å²) in [6.45, 7) is 40.2. The highest BCUT2D eigenvalue weighted by Crippen LogP contribution is 2.42. The molecule has 3 aromatic carbocycles. The summed E-state index contributed by atoms with van der Waals surface area (Å²) in [5.74, 6) is 2.51. The molecule has 0 aromatic heterocycles. The van der Waals surface area contributed by atoms with Gasteiger partial charge in [-0.2, -0.15) is 0 Å². The van der Waals surface area contributed by atoms with E-state index in [9.17, 15) is 0 Å². The second kappa shape index (κ2) is 24.7. The van der Waals surface area contributed by atoms with E-state index in [0.29, 0.717) is 33.0 Å². The molecule has 7 nitrogen and oxygen atoms in total. The lowest BCUT2D eigenvalue weighted by molar-refractivity contribution is -0.0891. The maximum Gasteiger partial charge on any atom is 0.192 e. The third-order valence-electron chi connectivity index (χ3n) is 13.8. The molecule has 0 aliphatic rings. The van der Waals surface area contributed by atoms with Crippen LogP contribution in [0.5, 0.6) is 11.5 Å². The van der Waals surface area contributed by atoms with Gasteiger partial charge >= 0.3 is 0 Å². The Hall–Kier alpha value is -2.77. The van der Waals surface area contributed by atoms with Gasteiger partial charge in [-0.3, -0.25) is 0 Å². The number of hydrogen-bond donors (Lipinski definition) is 0. The summed E-state index contributed by atoms with van der Waals surface area (Å²) in [6, 6.07) is 26.7. The van der Waals surface area contributed by atoms with Crippen molar-refractivity contribution in [1.29, 1.82) is 0 Å². The minimum absolute atomic E-state index is 0.0117. The van der Waals surface area contributed by atoms with E-state index in [4.69, 9.17) is 32.5 Å². The van der Waals surface area contributed by atoms with Gasteiger partial charge in [0, 0.05) is 17.8 Å². The zero-order chi connectivity index (χ0) is 47.2. The first-order valence-corrected chi connectivity index (χ1v) is 29.3. The maximum atomic E-state index is 7.53. The van der Waals surface area contributed by atoms with Crippen molar-refractivity contribution in [2.45, 2.75) is 164 Å². The standard InChI is InChI=1S/C54H88O7Si2/c1-39(32-40(2)50(60-62(15,16)53(7,8)9)42(4)34-57-37-46-24-28-48(55-13)29-25-46)33-41(3)52(61-63(17,18)54(10,11)12)44(6)51(59-38-47-26-30-49(56-14)31-27-47)43(5)35-58-36-45-22-20-19-21-23-45/h19-32,40-44,50-52H,33-38H2,1-18H3/b39-32-/t40-,41-,42-,43-,44+,50+,51-,52+/m0/s1. The van der Waals surface area contributed by atoms with Gasteiger partial charge in [0.05, 0.1) is 65.6 Å². The summed E-state index contributed by atoms with van der Waals surface area (Å²) in [4.78, 5) is 0. The minimum Gasteiger partial charge on any atom is -0.497 e. The molecule has 0 saturated heterocycles. The van der Waals surface area contributed by atoms with Crippen LogP contribution in [0.15, 0.2) is 90.5 Å². The number of allylic oxidation sites excluding steroid dienone is 1. The molecule has 0 bridgehead atoms. The second-order valence-corrected chi connectivity index (χ2v) is 31.1. The van der Waals surface area contributed by atoms with Crippen molar-refractivity contribution in [3.63, 3.8) is 0 Å². The van der Waals surface area contributed by atoms with E-state index in [1.54, 1.807) is 14.2 Å². The lowest BCUT2D eigenvalue weighted by Gasteiger charge is -2.45.